The second-order valence-corrected chi connectivity index (χ2v) is 5.02. The van der Waals surface area contributed by atoms with Crippen molar-refractivity contribution in [2.45, 2.75) is 31.9 Å². The molecule has 4 nitrogen and oxygen atoms in total. The number of aliphatic carboxylic acids is 1. The molecule has 0 aliphatic carbocycles. The zero-order valence-corrected chi connectivity index (χ0v) is 11.7. The Balaban J connectivity index is 0.000000270. The Kier molecular flexibility index (Phi) is 6.17. The fourth-order valence-electron chi connectivity index (χ4n) is 2.07. The van der Waals surface area contributed by atoms with Crippen molar-refractivity contribution in [1.82, 2.24) is 5.01 Å². The van der Waals surface area contributed by atoms with Crippen molar-refractivity contribution in [3.63, 3.8) is 0 Å². The van der Waals surface area contributed by atoms with Gasteiger partial charge in [-0.3, -0.25) is 5.84 Å². The number of rotatable bonds is 1. The van der Waals surface area contributed by atoms with Gasteiger partial charge >= 0.3 is 12.1 Å². The van der Waals surface area contributed by atoms with Gasteiger partial charge in [0, 0.05) is 13.1 Å². The first-order chi connectivity index (χ1) is 9.70. The van der Waals surface area contributed by atoms with Gasteiger partial charge in [-0.15, -0.1) is 0 Å². The Morgan fingerprint density at radius 1 is 1.24 bits per heavy atom. The highest BCUT2D eigenvalue weighted by molar-refractivity contribution is 5.73. The molecule has 118 valence electrons. The molecule has 0 amide bonds. The minimum absolute atomic E-state index is 0.718. The molecular formula is C14H19F3N2O2. The SMILES string of the molecule is Cc1ccc(C2CCN(N)CC2)cc1.O=C(O)C(F)(F)F. The van der Waals surface area contributed by atoms with E-state index >= 15 is 0 Å². The monoisotopic (exact) mass is 304 g/mol. The van der Waals surface area contributed by atoms with E-state index in [4.69, 9.17) is 15.7 Å². The Labute approximate surface area is 121 Å². The van der Waals surface area contributed by atoms with Gasteiger partial charge in [0.15, 0.2) is 0 Å². The standard InChI is InChI=1S/C12H18N2.C2HF3O2/c1-10-2-4-11(5-3-10)12-6-8-14(13)9-7-12;3-2(4,5)1(6)7/h2-5,12H,6-9,13H2,1H3;(H,6,7). The van der Waals surface area contributed by atoms with E-state index in [0.29, 0.717) is 0 Å². The number of carboxylic acids is 1. The number of aryl methyl sites for hydroxylation is 1. The molecule has 0 radical (unpaired) electrons. The van der Waals surface area contributed by atoms with E-state index in [1.54, 1.807) is 0 Å². The van der Waals surface area contributed by atoms with Crippen LogP contribution < -0.4 is 5.84 Å². The van der Waals surface area contributed by atoms with Crippen LogP contribution in [0.4, 0.5) is 13.2 Å². The number of hydrazine groups is 1. The van der Waals surface area contributed by atoms with Gasteiger partial charge in [-0.2, -0.15) is 13.2 Å². The summed E-state index contributed by atoms with van der Waals surface area (Å²) in [5.74, 6) is 3.69. The van der Waals surface area contributed by atoms with Crippen LogP contribution in [0.15, 0.2) is 24.3 Å². The summed E-state index contributed by atoms with van der Waals surface area (Å²) in [4.78, 5) is 8.90. The molecule has 3 N–H and O–H groups in total. The van der Waals surface area contributed by atoms with Crippen molar-refractivity contribution in [2.24, 2.45) is 5.84 Å². The predicted molar refractivity (Wildman–Crippen MR) is 72.6 cm³/mol. The number of halogens is 3. The quantitative estimate of drug-likeness (QED) is 0.783. The molecular weight excluding hydrogens is 285 g/mol. The van der Waals surface area contributed by atoms with Crippen LogP contribution in [-0.2, 0) is 4.79 Å². The minimum atomic E-state index is -5.08. The molecule has 1 heterocycles. The number of carboxylic acid groups (broad SMARTS) is 1. The van der Waals surface area contributed by atoms with Crippen LogP contribution >= 0.6 is 0 Å². The van der Waals surface area contributed by atoms with Crippen molar-refractivity contribution >= 4 is 5.97 Å². The van der Waals surface area contributed by atoms with Crippen molar-refractivity contribution in [1.29, 1.82) is 0 Å². The largest absolute Gasteiger partial charge is 0.490 e. The molecule has 21 heavy (non-hydrogen) atoms. The van der Waals surface area contributed by atoms with Crippen molar-refractivity contribution in [3.8, 4) is 0 Å². The number of carbonyl (C=O) groups is 1. The van der Waals surface area contributed by atoms with Gasteiger partial charge in [0.2, 0.25) is 0 Å². The lowest BCUT2D eigenvalue weighted by Gasteiger charge is -2.28. The summed E-state index contributed by atoms with van der Waals surface area (Å²) in [5.41, 5.74) is 2.81. The third-order valence-corrected chi connectivity index (χ3v) is 3.32. The van der Waals surface area contributed by atoms with Crippen molar-refractivity contribution < 1.29 is 23.1 Å². The molecule has 1 saturated heterocycles. The van der Waals surface area contributed by atoms with E-state index in [0.717, 1.165) is 19.0 Å². The Bertz CT molecular complexity index is 452. The second-order valence-electron chi connectivity index (χ2n) is 5.02. The maximum absolute atomic E-state index is 10.6. The highest BCUT2D eigenvalue weighted by atomic mass is 19.4. The molecule has 0 aromatic heterocycles. The molecule has 0 unspecified atom stereocenters. The van der Waals surface area contributed by atoms with Crippen LogP contribution in [0.5, 0.6) is 0 Å². The van der Waals surface area contributed by atoms with E-state index in [1.165, 1.54) is 24.0 Å². The maximum Gasteiger partial charge on any atom is 0.490 e. The van der Waals surface area contributed by atoms with Crippen LogP contribution in [0.3, 0.4) is 0 Å². The Hall–Kier alpha value is -1.60. The summed E-state index contributed by atoms with van der Waals surface area (Å²) >= 11 is 0. The van der Waals surface area contributed by atoms with Crippen LogP contribution in [0.1, 0.15) is 29.9 Å². The van der Waals surface area contributed by atoms with Gasteiger partial charge in [0.05, 0.1) is 0 Å². The second kappa shape index (κ2) is 7.42. The third kappa shape index (κ3) is 6.14. The van der Waals surface area contributed by atoms with E-state index in [-0.39, 0.29) is 0 Å². The van der Waals surface area contributed by atoms with Crippen LogP contribution in [0, 0.1) is 6.92 Å². The Morgan fingerprint density at radius 2 is 1.67 bits per heavy atom. The molecule has 0 spiro atoms. The number of nitrogens with two attached hydrogens (primary N) is 1. The van der Waals surface area contributed by atoms with Crippen LogP contribution in [-0.4, -0.2) is 35.4 Å². The summed E-state index contributed by atoms with van der Waals surface area (Å²) in [6.07, 6.45) is -2.70. The predicted octanol–water partition coefficient (Wildman–Crippen LogP) is 2.68. The topological polar surface area (TPSA) is 66.6 Å². The van der Waals surface area contributed by atoms with E-state index in [2.05, 4.69) is 31.2 Å². The van der Waals surface area contributed by atoms with Gasteiger partial charge in [0.1, 0.15) is 0 Å². The first kappa shape index (κ1) is 17.5. The number of hydrogen-bond acceptors (Lipinski definition) is 3. The number of hydrogen-bond donors (Lipinski definition) is 2. The fourth-order valence-corrected chi connectivity index (χ4v) is 2.07. The number of nitrogens with zero attached hydrogens (tertiary/aromatic N) is 1. The van der Waals surface area contributed by atoms with E-state index < -0.39 is 12.1 Å². The lowest BCUT2D eigenvalue weighted by atomic mass is 9.90. The minimum Gasteiger partial charge on any atom is -0.475 e. The number of alkyl halides is 3. The molecule has 1 aromatic carbocycles. The molecule has 2 rings (SSSR count). The summed E-state index contributed by atoms with van der Waals surface area (Å²) in [7, 11) is 0. The van der Waals surface area contributed by atoms with Gasteiger partial charge in [-0.1, -0.05) is 29.8 Å². The van der Waals surface area contributed by atoms with Gasteiger partial charge in [0.25, 0.3) is 0 Å². The van der Waals surface area contributed by atoms with Crippen molar-refractivity contribution in [3.05, 3.63) is 35.4 Å². The Morgan fingerprint density at radius 3 is 2.05 bits per heavy atom. The molecule has 0 bridgehead atoms. The molecule has 1 aromatic rings. The first-order valence-corrected chi connectivity index (χ1v) is 6.56. The van der Waals surface area contributed by atoms with Gasteiger partial charge in [-0.05, 0) is 31.2 Å². The highest BCUT2D eigenvalue weighted by Crippen LogP contribution is 2.26. The normalized spacial score (nSPS) is 17.0. The van der Waals surface area contributed by atoms with E-state index in [9.17, 15) is 13.2 Å². The molecule has 1 fully saturated rings. The zero-order valence-electron chi connectivity index (χ0n) is 11.7. The van der Waals surface area contributed by atoms with Gasteiger partial charge in [-0.25, -0.2) is 9.80 Å². The lowest BCUT2D eigenvalue weighted by molar-refractivity contribution is -0.192. The first-order valence-electron chi connectivity index (χ1n) is 6.56. The number of piperidine rings is 1. The highest BCUT2D eigenvalue weighted by Gasteiger charge is 2.38. The molecule has 1 aliphatic rings. The average Bonchev–Trinajstić information content (AvgIpc) is 2.40. The summed E-state index contributed by atoms with van der Waals surface area (Å²) in [6, 6.07) is 8.91. The fraction of sp³-hybridized carbons (Fsp3) is 0.500. The summed E-state index contributed by atoms with van der Waals surface area (Å²) < 4.78 is 31.7. The van der Waals surface area contributed by atoms with Crippen LogP contribution in [0.2, 0.25) is 0 Å². The number of benzene rings is 1. The molecule has 7 heteroatoms. The smallest absolute Gasteiger partial charge is 0.475 e. The zero-order chi connectivity index (χ0) is 16.0. The molecule has 0 saturated carbocycles. The molecule has 1 aliphatic heterocycles. The maximum atomic E-state index is 10.6. The lowest BCUT2D eigenvalue weighted by Crippen LogP contribution is -2.38. The molecule has 0 atom stereocenters. The summed E-state index contributed by atoms with van der Waals surface area (Å²) in [5, 5.41) is 9.05. The summed E-state index contributed by atoms with van der Waals surface area (Å²) in [6.45, 7) is 4.18. The van der Waals surface area contributed by atoms with Gasteiger partial charge < -0.3 is 5.11 Å². The average molecular weight is 304 g/mol. The third-order valence-electron chi connectivity index (χ3n) is 3.32. The van der Waals surface area contributed by atoms with Crippen molar-refractivity contribution in [2.75, 3.05) is 13.1 Å². The van der Waals surface area contributed by atoms with E-state index in [1.807, 2.05) is 5.01 Å². The van der Waals surface area contributed by atoms with Crippen LogP contribution in [0.25, 0.3) is 0 Å².